The molecule has 15 heavy (non-hydrogen) atoms. The van der Waals surface area contributed by atoms with Crippen molar-refractivity contribution in [3.63, 3.8) is 0 Å². The molecule has 0 bridgehead atoms. The van der Waals surface area contributed by atoms with Crippen molar-refractivity contribution < 1.29 is 9.53 Å². The molecule has 1 aromatic carbocycles. The van der Waals surface area contributed by atoms with E-state index in [0.29, 0.717) is 18.9 Å². The maximum absolute atomic E-state index is 11.6. The van der Waals surface area contributed by atoms with Gasteiger partial charge in [-0.05, 0) is 13.8 Å². The Morgan fingerprint density at radius 2 is 1.93 bits per heavy atom. The Kier molecular flexibility index (Phi) is 4.54. The van der Waals surface area contributed by atoms with Crippen molar-refractivity contribution in [3.05, 3.63) is 35.9 Å². The van der Waals surface area contributed by atoms with Crippen molar-refractivity contribution in [3.8, 4) is 0 Å². The molecule has 0 amide bonds. The molecule has 3 nitrogen and oxygen atoms in total. The van der Waals surface area contributed by atoms with Crippen LogP contribution in [0.1, 0.15) is 19.4 Å². The molecular weight excluding hydrogens is 190 g/mol. The van der Waals surface area contributed by atoms with Gasteiger partial charge in [0.15, 0.2) is 0 Å². The van der Waals surface area contributed by atoms with Crippen LogP contribution in [0.25, 0.3) is 0 Å². The van der Waals surface area contributed by atoms with Crippen molar-refractivity contribution in [2.45, 2.75) is 13.8 Å². The lowest BCUT2D eigenvalue weighted by Crippen LogP contribution is -2.19. The van der Waals surface area contributed by atoms with Gasteiger partial charge in [-0.25, -0.2) is 4.79 Å². The molecule has 0 radical (unpaired) electrons. The summed E-state index contributed by atoms with van der Waals surface area (Å²) in [5.41, 5.74) is 1.21. The highest BCUT2D eigenvalue weighted by Gasteiger charge is 2.13. The first-order valence-corrected chi connectivity index (χ1v) is 5.06. The summed E-state index contributed by atoms with van der Waals surface area (Å²) >= 11 is 0. The molecule has 0 unspecified atom stereocenters. The number of aliphatic imine (C=N–C) groups is 1. The third-order valence-corrected chi connectivity index (χ3v) is 1.83. The van der Waals surface area contributed by atoms with Gasteiger partial charge in [0, 0.05) is 12.1 Å². The molecule has 0 aliphatic rings. The molecule has 0 heterocycles. The van der Waals surface area contributed by atoms with Crippen molar-refractivity contribution in [2.24, 2.45) is 4.99 Å². The second kappa shape index (κ2) is 5.96. The van der Waals surface area contributed by atoms with E-state index < -0.39 is 0 Å². The molecule has 1 aromatic rings. The fourth-order valence-electron chi connectivity index (χ4n) is 1.23. The third-order valence-electron chi connectivity index (χ3n) is 1.83. The van der Waals surface area contributed by atoms with Crippen LogP contribution in [0.3, 0.4) is 0 Å². The van der Waals surface area contributed by atoms with Crippen molar-refractivity contribution in [2.75, 3.05) is 13.2 Å². The zero-order valence-corrected chi connectivity index (χ0v) is 9.06. The Morgan fingerprint density at radius 3 is 2.47 bits per heavy atom. The molecule has 80 valence electrons. The van der Waals surface area contributed by atoms with Crippen LogP contribution in [0.15, 0.2) is 35.3 Å². The average Bonchev–Trinajstić information content (AvgIpc) is 2.27. The van der Waals surface area contributed by atoms with Gasteiger partial charge in [-0.2, -0.15) is 0 Å². The lowest BCUT2D eigenvalue weighted by atomic mass is 10.1. The van der Waals surface area contributed by atoms with Gasteiger partial charge in [-0.15, -0.1) is 0 Å². The lowest BCUT2D eigenvalue weighted by molar-refractivity contribution is -0.134. The highest BCUT2D eigenvalue weighted by molar-refractivity contribution is 6.43. The maximum atomic E-state index is 11.6. The maximum Gasteiger partial charge on any atom is 0.357 e. The molecular formula is C12H15NO2. The molecule has 0 spiro atoms. The topological polar surface area (TPSA) is 38.7 Å². The second-order valence-corrected chi connectivity index (χ2v) is 2.91. The van der Waals surface area contributed by atoms with Gasteiger partial charge in [0.2, 0.25) is 0 Å². The number of hydrogen-bond acceptors (Lipinski definition) is 3. The van der Waals surface area contributed by atoms with Crippen LogP contribution in [-0.4, -0.2) is 24.8 Å². The van der Waals surface area contributed by atoms with Gasteiger partial charge in [0.05, 0.1) is 6.61 Å². The van der Waals surface area contributed by atoms with E-state index in [1.165, 1.54) is 0 Å². The Balaban J connectivity index is 2.94. The SMILES string of the molecule is CCN=C(C(=O)OCC)c1ccccc1. The summed E-state index contributed by atoms with van der Waals surface area (Å²) in [6.45, 7) is 4.62. The first-order valence-electron chi connectivity index (χ1n) is 5.06. The quantitative estimate of drug-likeness (QED) is 0.557. The van der Waals surface area contributed by atoms with E-state index in [-0.39, 0.29) is 5.97 Å². The van der Waals surface area contributed by atoms with Crippen LogP contribution in [-0.2, 0) is 9.53 Å². The molecule has 3 heteroatoms. The van der Waals surface area contributed by atoms with Gasteiger partial charge in [-0.1, -0.05) is 30.3 Å². The Hall–Kier alpha value is -1.64. The fourth-order valence-corrected chi connectivity index (χ4v) is 1.23. The summed E-state index contributed by atoms with van der Waals surface area (Å²) in [5, 5.41) is 0. The molecule has 0 fully saturated rings. The zero-order valence-electron chi connectivity index (χ0n) is 9.06. The van der Waals surface area contributed by atoms with E-state index >= 15 is 0 Å². The first kappa shape index (κ1) is 11.4. The summed E-state index contributed by atoms with van der Waals surface area (Å²) in [7, 11) is 0. The van der Waals surface area contributed by atoms with Crippen molar-refractivity contribution in [1.29, 1.82) is 0 Å². The number of nitrogens with zero attached hydrogens (tertiary/aromatic N) is 1. The predicted molar refractivity (Wildman–Crippen MR) is 60.2 cm³/mol. The number of carbonyl (C=O) groups is 1. The van der Waals surface area contributed by atoms with Crippen LogP contribution in [0.4, 0.5) is 0 Å². The van der Waals surface area contributed by atoms with Gasteiger partial charge in [0.1, 0.15) is 5.71 Å². The first-order chi connectivity index (χ1) is 7.29. The average molecular weight is 205 g/mol. The number of hydrogen-bond donors (Lipinski definition) is 0. The van der Waals surface area contributed by atoms with Gasteiger partial charge in [0.25, 0.3) is 0 Å². The number of esters is 1. The number of ether oxygens (including phenoxy) is 1. The normalized spacial score (nSPS) is 11.2. The van der Waals surface area contributed by atoms with Crippen LogP contribution in [0.2, 0.25) is 0 Å². The monoisotopic (exact) mass is 205 g/mol. The van der Waals surface area contributed by atoms with E-state index in [9.17, 15) is 4.79 Å². The van der Waals surface area contributed by atoms with E-state index in [4.69, 9.17) is 4.74 Å². The Labute approximate surface area is 89.8 Å². The summed E-state index contributed by atoms with van der Waals surface area (Å²) in [5.74, 6) is -0.356. The minimum atomic E-state index is -0.356. The molecule has 0 aliphatic carbocycles. The van der Waals surface area contributed by atoms with Gasteiger partial charge < -0.3 is 4.74 Å². The van der Waals surface area contributed by atoms with Crippen LogP contribution in [0.5, 0.6) is 0 Å². The molecule has 0 saturated heterocycles. The third kappa shape index (κ3) is 3.20. The summed E-state index contributed by atoms with van der Waals surface area (Å²) in [4.78, 5) is 15.7. The fraction of sp³-hybridized carbons (Fsp3) is 0.333. The summed E-state index contributed by atoms with van der Waals surface area (Å²) in [6.07, 6.45) is 0. The second-order valence-electron chi connectivity index (χ2n) is 2.91. The van der Waals surface area contributed by atoms with Gasteiger partial charge >= 0.3 is 5.97 Å². The Morgan fingerprint density at radius 1 is 1.27 bits per heavy atom. The molecule has 0 N–H and O–H groups in total. The van der Waals surface area contributed by atoms with Crippen LogP contribution in [0, 0.1) is 0 Å². The number of benzene rings is 1. The molecule has 1 rings (SSSR count). The lowest BCUT2D eigenvalue weighted by Gasteiger charge is -2.05. The standard InChI is InChI=1S/C12H15NO2/c1-3-13-11(12(14)15-4-2)10-8-6-5-7-9-10/h5-9H,3-4H2,1-2H3. The van der Waals surface area contributed by atoms with E-state index in [0.717, 1.165) is 5.56 Å². The largest absolute Gasteiger partial charge is 0.461 e. The molecule has 0 aromatic heterocycles. The van der Waals surface area contributed by atoms with Crippen LogP contribution < -0.4 is 0 Å². The summed E-state index contributed by atoms with van der Waals surface area (Å²) in [6, 6.07) is 9.36. The zero-order chi connectivity index (χ0) is 11.1. The van der Waals surface area contributed by atoms with E-state index in [1.54, 1.807) is 6.92 Å². The van der Waals surface area contributed by atoms with Crippen molar-refractivity contribution in [1.82, 2.24) is 0 Å². The predicted octanol–water partition coefficient (Wildman–Crippen LogP) is 2.06. The smallest absolute Gasteiger partial charge is 0.357 e. The number of rotatable bonds is 4. The molecule has 0 aliphatic heterocycles. The molecule has 0 atom stereocenters. The number of carbonyl (C=O) groups excluding carboxylic acids is 1. The van der Waals surface area contributed by atoms with E-state index in [1.807, 2.05) is 37.3 Å². The summed E-state index contributed by atoms with van der Waals surface area (Å²) < 4.78 is 4.94. The highest BCUT2D eigenvalue weighted by atomic mass is 16.5. The molecule has 0 saturated carbocycles. The Bertz CT molecular complexity index is 344. The van der Waals surface area contributed by atoms with Crippen molar-refractivity contribution >= 4 is 11.7 Å². The van der Waals surface area contributed by atoms with E-state index in [2.05, 4.69) is 4.99 Å². The highest BCUT2D eigenvalue weighted by Crippen LogP contribution is 2.03. The minimum absolute atomic E-state index is 0.356. The van der Waals surface area contributed by atoms with Crippen LogP contribution >= 0.6 is 0 Å². The minimum Gasteiger partial charge on any atom is -0.461 e. The van der Waals surface area contributed by atoms with Gasteiger partial charge in [-0.3, -0.25) is 4.99 Å².